The SMILES string of the molecule is CCOC(=O)c1cc2[nH]ccc2c2c1OCNC2. The van der Waals surface area contributed by atoms with E-state index in [0.29, 0.717) is 31.2 Å². The van der Waals surface area contributed by atoms with Crippen LogP contribution in [0.5, 0.6) is 5.75 Å². The first-order chi connectivity index (χ1) is 8.81. The molecule has 0 saturated carbocycles. The van der Waals surface area contributed by atoms with E-state index in [9.17, 15) is 4.79 Å². The molecule has 2 aromatic rings. The number of aromatic nitrogens is 1. The minimum atomic E-state index is -0.341. The molecule has 2 heterocycles. The van der Waals surface area contributed by atoms with Gasteiger partial charge in [-0.1, -0.05) is 0 Å². The molecule has 0 aliphatic carbocycles. The summed E-state index contributed by atoms with van der Waals surface area (Å²) in [5.74, 6) is 0.298. The van der Waals surface area contributed by atoms with Crippen molar-refractivity contribution >= 4 is 16.9 Å². The molecule has 0 radical (unpaired) electrons. The Morgan fingerprint density at radius 3 is 3.28 bits per heavy atom. The Kier molecular flexibility index (Phi) is 2.68. The lowest BCUT2D eigenvalue weighted by Gasteiger charge is -2.21. The number of hydrogen-bond donors (Lipinski definition) is 2. The fourth-order valence-corrected chi connectivity index (χ4v) is 2.26. The smallest absolute Gasteiger partial charge is 0.341 e. The van der Waals surface area contributed by atoms with Gasteiger partial charge in [-0.05, 0) is 19.1 Å². The molecule has 2 N–H and O–H groups in total. The molecule has 0 spiro atoms. The molecule has 1 aromatic carbocycles. The van der Waals surface area contributed by atoms with Crippen molar-refractivity contribution in [3.8, 4) is 5.75 Å². The number of nitrogens with one attached hydrogen (secondary N) is 2. The van der Waals surface area contributed by atoms with Gasteiger partial charge in [0.15, 0.2) is 0 Å². The Bertz CT molecular complexity index is 604. The highest BCUT2D eigenvalue weighted by Gasteiger charge is 2.23. The molecule has 0 amide bonds. The van der Waals surface area contributed by atoms with Crippen LogP contribution in [-0.2, 0) is 11.3 Å². The summed E-state index contributed by atoms with van der Waals surface area (Å²) in [5, 5.41) is 4.21. The first kappa shape index (κ1) is 11.1. The van der Waals surface area contributed by atoms with E-state index in [2.05, 4.69) is 10.3 Å². The molecule has 5 nitrogen and oxygen atoms in total. The molecular formula is C13H14N2O3. The number of carbonyl (C=O) groups excluding carboxylic acids is 1. The van der Waals surface area contributed by atoms with E-state index in [-0.39, 0.29) is 5.97 Å². The maximum Gasteiger partial charge on any atom is 0.341 e. The van der Waals surface area contributed by atoms with Crippen LogP contribution in [0.2, 0.25) is 0 Å². The van der Waals surface area contributed by atoms with E-state index in [0.717, 1.165) is 16.5 Å². The van der Waals surface area contributed by atoms with Crippen LogP contribution in [0, 0.1) is 0 Å². The van der Waals surface area contributed by atoms with Gasteiger partial charge in [0, 0.05) is 29.2 Å². The molecular weight excluding hydrogens is 232 g/mol. The second kappa shape index (κ2) is 4.34. The number of aromatic amines is 1. The van der Waals surface area contributed by atoms with Crippen LogP contribution in [0.4, 0.5) is 0 Å². The highest BCUT2D eigenvalue weighted by atomic mass is 16.5. The molecule has 94 valence electrons. The zero-order valence-electron chi connectivity index (χ0n) is 10.1. The number of fused-ring (bicyclic) bond motifs is 3. The molecule has 0 fully saturated rings. The highest BCUT2D eigenvalue weighted by Crippen LogP contribution is 2.33. The standard InChI is InChI=1S/C13H14N2O3/c1-2-17-13(16)9-5-11-8(3-4-15-11)10-6-14-7-18-12(9)10/h3-5,14-15H,2,6-7H2,1H3. The van der Waals surface area contributed by atoms with Gasteiger partial charge in [0.05, 0.1) is 6.61 Å². The van der Waals surface area contributed by atoms with Crippen LogP contribution in [0.25, 0.3) is 10.9 Å². The van der Waals surface area contributed by atoms with E-state index in [4.69, 9.17) is 9.47 Å². The Morgan fingerprint density at radius 1 is 1.56 bits per heavy atom. The van der Waals surface area contributed by atoms with Crippen molar-refractivity contribution in [2.75, 3.05) is 13.3 Å². The Hall–Kier alpha value is -2.01. The predicted molar refractivity (Wildman–Crippen MR) is 66.6 cm³/mol. The highest BCUT2D eigenvalue weighted by molar-refractivity contribution is 5.99. The average molecular weight is 246 g/mol. The third-order valence-electron chi connectivity index (χ3n) is 3.03. The van der Waals surface area contributed by atoms with Crippen LogP contribution < -0.4 is 10.1 Å². The van der Waals surface area contributed by atoms with Crippen molar-refractivity contribution in [1.29, 1.82) is 0 Å². The molecule has 3 rings (SSSR count). The van der Waals surface area contributed by atoms with E-state index in [1.54, 1.807) is 13.0 Å². The lowest BCUT2D eigenvalue weighted by atomic mass is 10.0. The first-order valence-electron chi connectivity index (χ1n) is 5.95. The molecule has 1 aliphatic rings. The number of esters is 1. The van der Waals surface area contributed by atoms with E-state index in [1.807, 2.05) is 12.3 Å². The minimum Gasteiger partial charge on any atom is -0.477 e. The van der Waals surface area contributed by atoms with Gasteiger partial charge in [-0.3, -0.25) is 5.32 Å². The van der Waals surface area contributed by atoms with Crippen molar-refractivity contribution in [2.24, 2.45) is 0 Å². The average Bonchev–Trinajstić information content (AvgIpc) is 2.86. The van der Waals surface area contributed by atoms with Gasteiger partial charge in [0.2, 0.25) is 0 Å². The van der Waals surface area contributed by atoms with E-state index in [1.165, 1.54) is 0 Å². The molecule has 0 unspecified atom stereocenters. The van der Waals surface area contributed by atoms with Crippen LogP contribution in [0.1, 0.15) is 22.8 Å². The van der Waals surface area contributed by atoms with Gasteiger partial charge in [0.25, 0.3) is 0 Å². The molecule has 18 heavy (non-hydrogen) atoms. The number of benzene rings is 1. The number of ether oxygens (including phenoxy) is 2. The lowest BCUT2D eigenvalue weighted by molar-refractivity contribution is 0.0520. The molecule has 1 aliphatic heterocycles. The summed E-state index contributed by atoms with van der Waals surface area (Å²) in [6.07, 6.45) is 1.86. The number of H-pyrrole nitrogens is 1. The van der Waals surface area contributed by atoms with Gasteiger partial charge in [-0.2, -0.15) is 0 Å². The van der Waals surface area contributed by atoms with Crippen LogP contribution in [0.15, 0.2) is 18.3 Å². The quantitative estimate of drug-likeness (QED) is 0.793. The Balaban J connectivity index is 2.21. The summed E-state index contributed by atoms with van der Waals surface area (Å²) in [6.45, 7) is 3.25. The number of rotatable bonds is 2. The maximum atomic E-state index is 11.9. The third kappa shape index (κ3) is 1.64. The normalized spacial score (nSPS) is 14.1. The molecule has 0 saturated heterocycles. The first-order valence-corrected chi connectivity index (χ1v) is 5.95. The van der Waals surface area contributed by atoms with Gasteiger partial charge in [-0.15, -0.1) is 0 Å². The summed E-state index contributed by atoms with van der Waals surface area (Å²) in [7, 11) is 0. The zero-order chi connectivity index (χ0) is 12.5. The summed E-state index contributed by atoms with van der Waals surface area (Å²) >= 11 is 0. The molecule has 0 bridgehead atoms. The Morgan fingerprint density at radius 2 is 2.44 bits per heavy atom. The van der Waals surface area contributed by atoms with E-state index < -0.39 is 0 Å². The van der Waals surface area contributed by atoms with Crippen LogP contribution >= 0.6 is 0 Å². The van der Waals surface area contributed by atoms with Crippen LogP contribution in [0.3, 0.4) is 0 Å². The molecule has 1 aromatic heterocycles. The molecule has 0 atom stereocenters. The summed E-state index contributed by atoms with van der Waals surface area (Å²) < 4.78 is 10.6. The molecule has 5 heteroatoms. The minimum absolute atomic E-state index is 0.341. The second-order valence-corrected chi connectivity index (χ2v) is 4.11. The van der Waals surface area contributed by atoms with Gasteiger partial charge in [-0.25, -0.2) is 4.79 Å². The number of carbonyl (C=O) groups is 1. The van der Waals surface area contributed by atoms with E-state index >= 15 is 0 Å². The maximum absolute atomic E-state index is 11.9. The van der Waals surface area contributed by atoms with Gasteiger partial charge < -0.3 is 14.5 Å². The summed E-state index contributed by atoms with van der Waals surface area (Å²) in [6, 6.07) is 3.77. The fourth-order valence-electron chi connectivity index (χ4n) is 2.26. The van der Waals surface area contributed by atoms with Crippen molar-refractivity contribution in [1.82, 2.24) is 10.3 Å². The Labute approximate surface area is 104 Å². The van der Waals surface area contributed by atoms with Crippen molar-refractivity contribution in [3.05, 3.63) is 29.5 Å². The topological polar surface area (TPSA) is 63.4 Å². The second-order valence-electron chi connectivity index (χ2n) is 4.11. The van der Waals surface area contributed by atoms with Crippen molar-refractivity contribution in [3.63, 3.8) is 0 Å². The predicted octanol–water partition coefficient (Wildman–Crippen LogP) is 1.78. The fraction of sp³-hybridized carbons (Fsp3) is 0.308. The largest absolute Gasteiger partial charge is 0.477 e. The number of hydrogen-bond acceptors (Lipinski definition) is 4. The summed E-state index contributed by atoms with van der Waals surface area (Å²) in [5.41, 5.74) is 2.41. The lowest BCUT2D eigenvalue weighted by Crippen LogP contribution is -2.27. The summed E-state index contributed by atoms with van der Waals surface area (Å²) in [4.78, 5) is 15.1. The van der Waals surface area contributed by atoms with Crippen molar-refractivity contribution < 1.29 is 14.3 Å². The third-order valence-corrected chi connectivity index (χ3v) is 3.03. The zero-order valence-corrected chi connectivity index (χ0v) is 10.1. The van der Waals surface area contributed by atoms with Crippen LogP contribution in [-0.4, -0.2) is 24.3 Å². The monoisotopic (exact) mass is 246 g/mol. The van der Waals surface area contributed by atoms with Gasteiger partial charge in [0.1, 0.15) is 18.0 Å². The van der Waals surface area contributed by atoms with Gasteiger partial charge >= 0.3 is 5.97 Å². The van der Waals surface area contributed by atoms with Crippen molar-refractivity contribution in [2.45, 2.75) is 13.5 Å².